The number of aliphatic carboxylic acids is 1. The van der Waals surface area contributed by atoms with Gasteiger partial charge < -0.3 is 20.5 Å². The highest BCUT2D eigenvalue weighted by molar-refractivity contribution is 6.58. The van der Waals surface area contributed by atoms with Crippen molar-refractivity contribution in [2.75, 3.05) is 11.9 Å². The molecule has 1 aliphatic heterocycles. The molecule has 144 valence electrons. The molecule has 10 heteroatoms. The fourth-order valence-electron chi connectivity index (χ4n) is 2.64. The zero-order chi connectivity index (χ0) is 20.0. The van der Waals surface area contributed by atoms with Gasteiger partial charge in [-0.05, 0) is 30.4 Å². The number of nitrogens with one attached hydrogen (secondary N) is 1. The summed E-state index contributed by atoms with van der Waals surface area (Å²) in [5.41, 5.74) is 0.744. The molecule has 1 aliphatic rings. The summed E-state index contributed by atoms with van der Waals surface area (Å²) < 4.78 is 0. The first-order valence-electron chi connectivity index (χ1n) is 8.52. The van der Waals surface area contributed by atoms with Crippen molar-refractivity contribution in [3.05, 3.63) is 35.0 Å². The number of amides is 2. The first-order valence-corrected chi connectivity index (χ1v) is 8.90. The van der Waals surface area contributed by atoms with Crippen molar-refractivity contribution in [1.29, 1.82) is 0 Å². The molecule has 0 saturated heterocycles. The van der Waals surface area contributed by atoms with Crippen LogP contribution in [-0.4, -0.2) is 51.5 Å². The van der Waals surface area contributed by atoms with Gasteiger partial charge in [-0.3, -0.25) is 19.3 Å². The lowest BCUT2D eigenvalue weighted by Gasteiger charge is -2.15. The van der Waals surface area contributed by atoms with Gasteiger partial charge in [0.2, 0.25) is 0 Å². The van der Waals surface area contributed by atoms with Crippen LogP contribution in [0.2, 0.25) is 0 Å². The molecule has 4 N–H and O–H groups in total. The molecule has 0 radical (unpaired) electrons. The number of hydrogen-bond acceptors (Lipinski definition) is 6. The Hall–Kier alpha value is -2.36. The maximum absolute atomic E-state index is 12.5. The van der Waals surface area contributed by atoms with Gasteiger partial charge >= 0.3 is 13.1 Å². The van der Waals surface area contributed by atoms with Crippen molar-refractivity contribution in [2.24, 2.45) is 0 Å². The molecule has 0 atom stereocenters. The first-order chi connectivity index (χ1) is 12.8. The Morgan fingerprint density at radius 2 is 1.67 bits per heavy atom. The molecule has 1 aromatic rings. The summed E-state index contributed by atoms with van der Waals surface area (Å²) in [6.07, 6.45) is 2.64. The van der Waals surface area contributed by atoms with Crippen LogP contribution in [0.15, 0.2) is 35.0 Å². The van der Waals surface area contributed by atoms with E-state index < -0.39 is 24.9 Å². The molecule has 27 heavy (non-hydrogen) atoms. The molecule has 0 unspecified atom stereocenters. The van der Waals surface area contributed by atoms with E-state index in [1.807, 2.05) is 0 Å². The fraction of sp³-hybridized carbons (Fsp3) is 0.353. The van der Waals surface area contributed by atoms with Crippen molar-refractivity contribution >= 4 is 47.7 Å². The van der Waals surface area contributed by atoms with E-state index in [2.05, 4.69) is 5.32 Å². The van der Waals surface area contributed by atoms with Crippen LogP contribution in [-0.2, 0) is 14.4 Å². The largest absolute Gasteiger partial charge is 0.488 e. The zero-order valence-corrected chi connectivity index (χ0v) is 15.3. The van der Waals surface area contributed by atoms with Crippen LogP contribution in [0, 0.1) is 0 Å². The van der Waals surface area contributed by atoms with Gasteiger partial charge in [0.1, 0.15) is 10.7 Å². The van der Waals surface area contributed by atoms with Crippen LogP contribution < -0.4 is 10.8 Å². The number of carboxylic acid groups (broad SMARTS) is 1. The molecule has 0 bridgehead atoms. The van der Waals surface area contributed by atoms with Crippen molar-refractivity contribution in [3.63, 3.8) is 0 Å². The van der Waals surface area contributed by atoms with Crippen LogP contribution in [0.4, 0.5) is 5.69 Å². The molecule has 0 spiro atoms. The van der Waals surface area contributed by atoms with E-state index in [9.17, 15) is 14.4 Å². The van der Waals surface area contributed by atoms with E-state index in [4.69, 9.17) is 26.8 Å². The van der Waals surface area contributed by atoms with E-state index in [0.717, 1.165) is 4.90 Å². The van der Waals surface area contributed by atoms with Gasteiger partial charge in [-0.1, -0.05) is 36.6 Å². The smallest absolute Gasteiger partial charge is 0.481 e. The van der Waals surface area contributed by atoms with Crippen molar-refractivity contribution < 1.29 is 29.5 Å². The molecule has 1 aromatic carbocycles. The monoisotopic (exact) mass is 394 g/mol. The van der Waals surface area contributed by atoms with E-state index in [-0.39, 0.29) is 23.7 Å². The van der Waals surface area contributed by atoms with Crippen molar-refractivity contribution in [2.45, 2.75) is 32.1 Å². The molecular formula is C17H20BClN2O6. The Kier molecular flexibility index (Phi) is 7.40. The average Bonchev–Trinajstić information content (AvgIpc) is 2.82. The second kappa shape index (κ2) is 9.54. The van der Waals surface area contributed by atoms with Crippen molar-refractivity contribution in [1.82, 2.24) is 4.90 Å². The second-order valence-electron chi connectivity index (χ2n) is 6.13. The van der Waals surface area contributed by atoms with Crippen LogP contribution in [0.3, 0.4) is 0 Å². The van der Waals surface area contributed by atoms with Gasteiger partial charge in [0.05, 0.1) is 0 Å². The Bertz CT molecular complexity index is 750. The Morgan fingerprint density at radius 1 is 1.04 bits per heavy atom. The Labute approximate surface area is 161 Å². The van der Waals surface area contributed by atoms with E-state index in [1.54, 1.807) is 0 Å². The Balaban J connectivity index is 1.90. The minimum atomic E-state index is -1.59. The number of anilines is 1. The molecule has 0 saturated carbocycles. The number of halogens is 1. The summed E-state index contributed by atoms with van der Waals surface area (Å²) in [4.78, 5) is 36.2. The lowest BCUT2D eigenvalue weighted by molar-refractivity contribution is -0.138. The van der Waals surface area contributed by atoms with Crippen LogP contribution in [0.5, 0.6) is 0 Å². The lowest BCUT2D eigenvalue weighted by Crippen LogP contribution is -2.33. The summed E-state index contributed by atoms with van der Waals surface area (Å²) in [6.45, 7) is 0.210. The standard InChI is InChI=1S/C17H20BClN2O6/c19-14-15(20-12-8-6-11(7-9-12)18(26)27)17(25)21(16(14)24)10-4-2-1-3-5-13(22)23/h6-9,20,26-27H,1-5,10H2,(H,22,23). The SMILES string of the molecule is O=C(O)CCCCCCN1C(=O)C(Cl)=C(Nc2ccc(B(O)O)cc2)C1=O. The van der Waals surface area contributed by atoms with E-state index in [0.29, 0.717) is 36.8 Å². The summed E-state index contributed by atoms with van der Waals surface area (Å²) in [6, 6.07) is 6.01. The number of unbranched alkanes of at least 4 members (excludes halogenated alkanes) is 3. The summed E-state index contributed by atoms with van der Waals surface area (Å²) in [5, 5.41) is 29.4. The minimum Gasteiger partial charge on any atom is -0.481 e. The molecule has 0 fully saturated rings. The summed E-state index contributed by atoms with van der Waals surface area (Å²) in [7, 11) is -1.59. The maximum Gasteiger partial charge on any atom is 0.488 e. The number of carbonyl (C=O) groups excluding carboxylic acids is 2. The quantitative estimate of drug-likeness (QED) is 0.260. The van der Waals surface area contributed by atoms with Crippen LogP contribution in [0.1, 0.15) is 32.1 Å². The number of imide groups is 1. The highest BCUT2D eigenvalue weighted by Crippen LogP contribution is 2.25. The maximum atomic E-state index is 12.5. The first kappa shape index (κ1) is 21.0. The number of carbonyl (C=O) groups is 3. The van der Waals surface area contributed by atoms with Crippen LogP contribution in [0.25, 0.3) is 0 Å². The minimum absolute atomic E-state index is 0.0233. The molecule has 0 aliphatic carbocycles. The number of hydrogen-bond donors (Lipinski definition) is 4. The lowest BCUT2D eigenvalue weighted by atomic mass is 9.80. The molecule has 1 heterocycles. The van der Waals surface area contributed by atoms with Gasteiger partial charge in [-0.25, -0.2) is 0 Å². The number of benzene rings is 1. The second-order valence-corrected chi connectivity index (χ2v) is 6.51. The third-order valence-electron chi connectivity index (χ3n) is 4.11. The average molecular weight is 395 g/mol. The molecule has 2 rings (SSSR count). The predicted molar refractivity (Wildman–Crippen MR) is 100 cm³/mol. The third kappa shape index (κ3) is 5.56. The molecule has 8 nitrogen and oxygen atoms in total. The van der Waals surface area contributed by atoms with Crippen molar-refractivity contribution in [3.8, 4) is 0 Å². The van der Waals surface area contributed by atoms with Gasteiger partial charge in [0.25, 0.3) is 11.8 Å². The summed E-state index contributed by atoms with van der Waals surface area (Å²) >= 11 is 6.01. The predicted octanol–water partition coefficient (Wildman–Crippen LogP) is 0.633. The van der Waals surface area contributed by atoms with E-state index >= 15 is 0 Å². The highest BCUT2D eigenvalue weighted by Gasteiger charge is 2.37. The third-order valence-corrected chi connectivity index (χ3v) is 4.46. The number of rotatable bonds is 10. The molecular weight excluding hydrogens is 374 g/mol. The van der Waals surface area contributed by atoms with Crippen LogP contribution >= 0.6 is 11.6 Å². The van der Waals surface area contributed by atoms with Gasteiger partial charge in [-0.2, -0.15) is 0 Å². The topological polar surface area (TPSA) is 127 Å². The van der Waals surface area contributed by atoms with E-state index in [1.165, 1.54) is 24.3 Å². The van der Waals surface area contributed by atoms with Gasteiger partial charge in [0.15, 0.2) is 0 Å². The normalized spacial score (nSPS) is 14.1. The van der Waals surface area contributed by atoms with Gasteiger partial charge in [-0.15, -0.1) is 0 Å². The van der Waals surface area contributed by atoms with Gasteiger partial charge in [0, 0.05) is 18.7 Å². The number of carboxylic acids is 1. The summed E-state index contributed by atoms with van der Waals surface area (Å²) in [5.74, 6) is -1.94. The molecule has 2 amide bonds. The zero-order valence-electron chi connectivity index (χ0n) is 14.5. The Morgan fingerprint density at radius 3 is 2.26 bits per heavy atom. The fourth-order valence-corrected chi connectivity index (χ4v) is 2.87. The molecule has 0 aromatic heterocycles. The highest BCUT2D eigenvalue weighted by atomic mass is 35.5. The number of nitrogens with zero attached hydrogens (tertiary/aromatic N) is 1.